The molecule has 0 unspecified atom stereocenters. The number of rotatable bonds is 4. The van der Waals surface area contributed by atoms with Crippen LogP contribution in [-0.2, 0) is 26.0 Å². The number of thiophene rings is 1. The minimum atomic E-state index is -3.71. The van der Waals surface area contributed by atoms with Gasteiger partial charge in [0.1, 0.15) is 10.0 Å². The summed E-state index contributed by atoms with van der Waals surface area (Å²) >= 11 is 1.14. The topological polar surface area (TPSA) is 95.6 Å². The lowest BCUT2D eigenvalue weighted by Crippen LogP contribution is -2.35. The zero-order valence-electron chi connectivity index (χ0n) is 16.2. The molecule has 31 heavy (non-hydrogen) atoms. The van der Waals surface area contributed by atoms with E-state index in [4.69, 9.17) is 0 Å². The van der Waals surface area contributed by atoms with E-state index in [1.165, 1.54) is 28.6 Å². The Morgan fingerprint density at radius 1 is 0.968 bits per heavy atom. The van der Waals surface area contributed by atoms with E-state index in [1.54, 1.807) is 35.7 Å². The molecule has 0 atom stereocenters. The summed E-state index contributed by atoms with van der Waals surface area (Å²) in [5, 5.41) is 6.57. The van der Waals surface area contributed by atoms with Crippen LogP contribution >= 0.6 is 11.3 Å². The molecule has 2 amide bonds. The van der Waals surface area contributed by atoms with E-state index in [0.717, 1.165) is 16.9 Å². The van der Waals surface area contributed by atoms with Gasteiger partial charge in [-0.3, -0.25) is 13.9 Å². The van der Waals surface area contributed by atoms with Crippen LogP contribution in [0.3, 0.4) is 0 Å². The van der Waals surface area contributed by atoms with E-state index in [0.29, 0.717) is 30.8 Å². The van der Waals surface area contributed by atoms with E-state index in [1.807, 2.05) is 0 Å². The fraction of sp³-hybridized carbons (Fsp3) is 0.143. The Morgan fingerprint density at radius 3 is 2.32 bits per heavy atom. The summed E-state index contributed by atoms with van der Waals surface area (Å²) in [6.45, 7) is 0.329. The summed E-state index contributed by atoms with van der Waals surface area (Å²) in [5.74, 6) is -2.31. The van der Waals surface area contributed by atoms with E-state index >= 15 is 0 Å². The molecule has 1 aliphatic heterocycles. The number of fused-ring (bicyclic) bond motifs is 1. The number of halogens is 1. The van der Waals surface area contributed by atoms with Gasteiger partial charge in [0, 0.05) is 17.9 Å². The van der Waals surface area contributed by atoms with Crippen LogP contribution in [-0.4, -0.2) is 26.8 Å². The third-order valence-corrected chi connectivity index (χ3v) is 7.95. The van der Waals surface area contributed by atoms with Gasteiger partial charge in [-0.2, -0.15) is 0 Å². The molecule has 3 aromatic rings. The average Bonchev–Trinajstić information content (AvgIpc) is 3.30. The first-order valence-corrected chi connectivity index (χ1v) is 11.7. The second-order valence-electron chi connectivity index (χ2n) is 6.87. The summed E-state index contributed by atoms with van der Waals surface area (Å²) in [6, 6.07) is 13.2. The highest BCUT2D eigenvalue weighted by Crippen LogP contribution is 2.35. The molecule has 0 radical (unpaired) electrons. The van der Waals surface area contributed by atoms with Crippen LogP contribution < -0.4 is 14.9 Å². The molecule has 4 rings (SSSR count). The van der Waals surface area contributed by atoms with Crippen molar-refractivity contribution in [3.05, 3.63) is 71.4 Å². The number of benzene rings is 2. The summed E-state index contributed by atoms with van der Waals surface area (Å²) < 4.78 is 40.6. The van der Waals surface area contributed by atoms with Gasteiger partial charge in [0.25, 0.3) is 10.0 Å². The molecular weight excluding hydrogens is 441 g/mol. The lowest BCUT2D eigenvalue weighted by molar-refractivity contribution is -0.132. The zero-order chi connectivity index (χ0) is 22.0. The van der Waals surface area contributed by atoms with Gasteiger partial charge in [-0.25, -0.2) is 12.8 Å². The lowest BCUT2D eigenvalue weighted by atomic mass is 10.0. The Labute approximate surface area is 182 Å². The highest BCUT2D eigenvalue weighted by atomic mass is 32.2. The van der Waals surface area contributed by atoms with Gasteiger partial charge in [0.2, 0.25) is 0 Å². The number of hydrogen-bond acceptors (Lipinski definition) is 5. The Balaban J connectivity index is 1.54. The maximum Gasteiger partial charge on any atom is 0.314 e. The molecule has 0 bridgehead atoms. The number of nitrogens with one attached hydrogen (secondary N) is 2. The Hall–Kier alpha value is -3.24. The number of nitrogens with zero attached hydrogens (tertiary/aromatic N) is 1. The normalized spacial score (nSPS) is 13.4. The second-order valence-corrected chi connectivity index (χ2v) is 9.91. The van der Waals surface area contributed by atoms with Crippen molar-refractivity contribution in [3.8, 4) is 0 Å². The van der Waals surface area contributed by atoms with Crippen LogP contribution in [0, 0.1) is 5.82 Å². The summed E-state index contributed by atoms with van der Waals surface area (Å²) in [7, 11) is -3.71. The van der Waals surface area contributed by atoms with Crippen molar-refractivity contribution in [2.45, 2.75) is 17.1 Å². The standard InChI is InChI=1S/C21H18FN3O4S2/c22-15-6-9-16(10-7-15)23-20(26)21(27)24-17-8-5-14-3-1-11-25(18(14)13-17)31(28,29)19-4-2-12-30-19/h2,4-10,12-13H,1,3,11H2,(H,23,26)(H,24,27). The molecule has 1 aromatic heterocycles. The highest BCUT2D eigenvalue weighted by molar-refractivity contribution is 7.94. The molecule has 0 saturated heterocycles. The van der Waals surface area contributed by atoms with Crippen LogP contribution in [0.25, 0.3) is 0 Å². The Morgan fingerprint density at radius 2 is 1.65 bits per heavy atom. The van der Waals surface area contributed by atoms with Crippen molar-refractivity contribution in [1.82, 2.24) is 0 Å². The lowest BCUT2D eigenvalue weighted by Gasteiger charge is -2.30. The predicted molar refractivity (Wildman–Crippen MR) is 117 cm³/mol. The molecule has 7 nitrogen and oxygen atoms in total. The predicted octanol–water partition coefficient (Wildman–Crippen LogP) is 3.61. The SMILES string of the molecule is O=C(Nc1ccc(F)cc1)C(=O)Nc1ccc2c(c1)N(S(=O)(=O)c1cccs1)CCC2. The highest BCUT2D eigenvalue weighted by Gasteiger charge is 2.30. The molecule has 160 valence electrons. The minimum Gasteiger partial charge on any atom is -0.318 e. The van der Waals surface area contributed by atoms with Crippen LogP contribution in [0.15, 0.2) is 64.2 Å². The number of sulfonamides is 1. The number of carbonyl (C=O) groups is 2. The van der Waals surface area contributed by atoms with Crippen LogP contribution in [0.1, 0.15) is 12.0 Å². The molecule has 10 heteroatoms. The van der Waals surface area contributed by atoms with E-state index < -0.39 is 27.7 Å². The van der Waals surface area contributed by atoms with Gasteiger partial charge in [-0.05, 0) is 66.2 Å². The van der Waals surface area contributed by atoms with E-state index in [2.05, 4.69) is 10.6 Å². The summed E-state index contributed by atoms with van der Waals surface area (Å²) in [6.07, 6.45) is 1.40. The van der Waals surface area contributed by atoms with Crippen molar-refractivity contribution in [2.24, 2.45) is 0 Å². The molecule has 0 spiro atoms. The monoisotopic (exact) mass is 459 g/mol. The van der Waals surface area contributed by atoms with Gasteiger partial charge in [-0.1, -0.05) is 12.1 Å². The Bertz CT molecular complexity index is 1230. The quantitative estimate of drug-likeness (QED) is 0.583. The second kappa shape index (κ2) is 8.48. The van der Waals surface area contributed by atoms with Crippen molar-refractivity contribution in [3.63, 3.8) is 0 Å². The maximum atomic E-state index is 13.0. The molecule has 1 aliphatic rings. The minimum absolute atomic E-state index is 0.244. The molecular formula is C21H18FN3O4S2. The maximum absolute atomic E-state index is 13.0. The number of aryl methyl sites for hydroxylation is 1. The first-order valence-electron chi connectivity index (χ1n) is 9.42. The van der Waals surface area contributed by atoms with E-state index in [-0.39, 0.29) is 9.90 Å². The largest absolute Gasteiger partial charge is 0.318 e. The number of amides is 2. The van der Waals surface area contributed by atoms with E-state index in [9.17, 15) is 22.4 Å². The fourth-order valence-electron chi connectivity index (χ4n) is 3.30. The van der Waals surface area contributed by atoms with Crippen LogP contribution in [0.4, 0.5) is 21.5 Å². The third-order valence-electron chi connectivity index (χ3n) is 4.77. The molecule has 2 aromatic carbocycles. The number of carbonyl (C=O) groups excluding carboxylic acids is 2. The molecule has 0 fully saturated rings. The molecule has 2 N–H and O–H groups in total. The first kappa shape index (κ1) is 21.0. The zero-order valence-corrected chi connectivity index (χ0v) is 17.8. The molecule has 0 aliphatic carbocycles. The van der Waals surface area contributed by atoms with Gasteiger partial charge < -0.3 is 10.6 Å². The van der Waals surface area contributed by atoms with Crippen molar-refractivity contribution in [1.29, 1.82) is 0 Å². The van der Waals surface area contributed by atoms with Gasteiger partial charge in [0.15, 0.2) is 0 Å². The average molecular weight is 460 g/mol. The van der Waals surface area contributed by atoms with Gasteiger partial charge in [0.05, 0.1) is 5.69 Å². The molecule has 2 heterocycles. The first-order chi connectivity index (χ1) is 14.8. The summed E-state index contributed by atoms with van der Waals surface area (Å²) in [5.41, 5.74) is 1.91. The Kier molecular flexibility index (Phi) is 5.75. The summed E-state index contributed by atoms with van der Waals surface area (Å²) in [4.78, 5) is 24.4. The fourth-order valence-corrected chi connectivity index (χ4v) is 5.93. The van der Waals surface area contributed by atoms with Crippen molar-refractivity contribution < 1.29 is 22.4 Å². The third kappa shape index (κ3) is 4.44. The smallest absolute Gasteiger partial charge is 0.314 e. The van der Waals surface area contributed by atoms with Crippen molar-refractivity contribution >= 4 is 50.2 Å². The number of hydrogen-bond donors (Lipinski definition) is 2. The molecule has 0 saturated carbocycles. The van der Waals surface area contributed by atoms with Gasteiger partial charge in [-0.15, -0.1) is 11.3 Å². The number of anilines is 3. The van der Waals surface area contributed by atoms with Crippen LogP contribution in [0.5, 0.6) is 0 Å². The van der Waals surface area contributed by atoms with Crippen LogP contribution in [0.2, 0.25) is 0 Å². The van der Waals surface area contributed by atoms with Gasteiger partial charge >= 0.3 is 11.8 Å². The van der Waals surface area contributed by atoms with Crippen molar-refractivity contribution in [2.75, 3.05) is 21.5 Å².